The van der Waals surface area contributed by atoms with Gasteiger partial charge in [-0.1, -0.05) is 6.07 Å². The first-order chi connectivity index (χ1) is 13.4. The minimum Gasteiger partial charge on any atom is -0.508 e. The van der Waals surface area contributed by atoms with Crippen LogP contribution in [0.1, 0.15) is 42.5 Å². The summed E-state index contributed by atoms with van der Waals surface area (Å²) in [7, 11) is 0. The molecule has 1 aromatic rings. The minimum absolute atomic E-state index is 0.0417. The van der Waals surface area contributed by atoms with Gasteiger partial charge in [0.05, 0.1) is 12.1 Å². The maximum Gasteiger partial charge on any atom is 0.329 e. The Kier molecular flexibility index (Phi) is 8.21. The number of hydrogen-bond acceptors (Lipinski definition) is 6. The van der Waals surface area contributed by atoms with Gasteiger partial charge in [-0.05, 0) is 56.8 Å². The molecular weight excluding hydrogens is 366 g/mol. The predicted molar refractivity (Wildman–Crippen MR) is 101 cm³/mol. The van der Waals surface area contributed by atoms with Gasteiger partial charge in [-0.25, -0.2) is 4.79 Å². The molecule has 9 heteroatoms. The molecule has 1 aromatic carbocycles. The quantitative estimate of drug-likeness (QED) is 0.385. The molecule has 0 radical (unpaired) electrons. The fraction of sp³-hybridized carbons (Fsp3) is 0.526. The van der Waals surface area contributed by atoms with Gasteiger partial charge in [0.1, 0.15) is 18.4 Å². The molecule has 1 aliphatic carbocycles. The van der Waals surface area contributed by atoms with Crippen LogP contribution < -0.4 is 16.4 Å². The lowest BCUT2D eigenvalue weighted by molar-refractivity contribution is -0.144. The Labute approximate surface area is 163 Å². The molecule has 9 nitrogen and oxygen atoms in total. The highest BCUT2D eigenvalue weighted by Crippen LogP contribution is 2.22. The maximum atomic E-state index is 12.7. The van der Waals surface area contributed by atoms with Crippen LogP contribution in [0.4, 0.5) is 0 Å². The predicted octanol–water partition coefficient (Wildman–Crippen LogP) is 0.368. The largest absolute Gasteiger partial charge is 0.508 e. The molecule has 0 saturated heterocycles. The molecule has 0 bridgehead atoms. The highest BCUT2D eigenvalue weighted by atomic mass is 16.5. The number of phenols is 1. The molecule has 2 rings (SSSR count). The summed E-state index contributed by atoms with van der Waals surface area (Å²) in [6.07, 6.45) is 2.71. The monoisotopic (exact) mass is 393 g/mol. The standard InChI is InChI=1S/C19H27N3O6/c20-9-3-7-15(22-18(26)12-4-1-5-13(23)10-12)19(27)21-14-6-2-8-16(14)28-11-17(24)25/h1,4-5,10,14-16,23H,2-3,6-9,11,20H2,(H,21,27)(H,22,26)(H,24,25)/t14-,15+,16+/m1/s1. The van der Waals surface area contributed by atoms with E-state index in [0.29, 0.717) is 32.2 Å². The zero-order valence-electron chi connectivity index (χ0n) is 15.6. The van der Waals surface area contributed by atoms with Crippen LogP contribution in [-0.2, 0) is 14.3 Å². The number of ether oxygens (including phenoxy) is 1. The first-order valence-electron chi connectivity index (χ1n) is 9.34. The van der Waals surface area contributed by atoms with Crippen molar-refractivity contribution in [3.8, 4) is 5.75 Å². The normalized spacial score (nSPS) is 19.8. The first kappa shape index (κ1) is 21.6. The van der Waals surface area contributed by atoms with Crippen molar-refractivity contribution in [2.45, 2.75) is 50.3 Å². The average molecular weight is 393 g/mol. The van der Waals surface area contributed by atoms with Gasteiger partial charge >= 0.3 is 5.97 Å². The highest BCUT2D eigenvalue weighted by molar-refractivity contribution is 5.97. The molecule has 0 unspecified atom stereocenters. The Morgan fingerprint density at radius 1 is 1.29 bits per heavy atom. The van der Waals surface area contributed by atoms with E-state index in [1.165, 1.54) is 12.1 Å². The average Bonchev–Trinajstić information content (AvgIpc) is 3.10. The van der Waals surface area contributed by atoms with Crippen LogP contribution in [0.2, 0.25) is 0 Å². The van der Waals surface area contributed by atoms with E-state index in [1.807, 2.05) is 0 Å². The lowest BCUT2D eigenvalue weighted by Crippen LogP contribution is -2.51. The van der Waals surface area contributed by atoms with E-state index in [-0.39, 0.29) is 29.4 Å². The topological polar surface area (TPSA) is 151 Å². The van der Waals surface area contributed by atoms with Crippen molar-refractivity contribution in [2.75, 3.05) is 13.2 Å². The van der Waals surface area contributed by atoms with E-state index in [1.54, 1.807) is 12.1 Å². The van der Waals surface area contributed by atoms with Gasteiger partial charge in [0.15, 0.2) is 0 Å². The summed E-state index contributed by atoms with van der Waals surface area (Å²) < 4.78 is 5.35. The van der Waals surface area contributed by atoms with Gasteiger partial charge in [0.2, 0.25) is 5.91 Å². The number of phenolic OH excluding ortho intramolecular Hbond substituents is 1. The van der Waals surface area contributed by atoms with Crippen LogP contribution in [0.3, 0.4) is 0 Å². The molecule has 0 spiro atoms. The van der Waals surface area contributed by atoms with Crippen LogP contribution in [0, 0.1) is 0 Å². The van der Waals surface area contributed by atoms with E-state index >= 15 is 0 Å². The summed E-state index contributed by atoms with van der Waals surface area (Å²) in [5.41, 5.74) is 5.78. The smallest absolute Gasteiger partial charge is 0.329 e. The number of nitrogens with two attached hydrogens (primary N) is 1. The molecule has 1 saturated carbocycles. The van der Waals surface area contributed by atoms with E-state index in [2.05, 4.69) is 10.6 Å². The second-order valence-corrected chi connectivity index (χ2v) is 6.80. The molecule has 3 atom stereocenters. The highest BCUT2D eigenvalue weighted by Gasteiger charge is 2.32. The van der Waals surface area contributed by atoms with Crippen LogP contribution in [0.15, 0.2) is 24.3 Å². The maximum absolute atomic E-state index is 12.7. The number of rotatable bonds is 10. The van der Waals surface area contributed by atoms with Crippen molar-refractivity contribution in [1.29, 1.82) is 0 Å². The van der Waals surface area contributed by atoms with E-state index in [9.17, 15) is 19.5 Å². The summed E-state index contributed by atoms with van der Waals surface area (Å²) in [6, 6.07) is 4.76. The molecule has 6 N–H and O–H groups in total. The number of carbonyl (C=O) groups is 3. The Balaban J connectivity index is 1.99. The number of aliphatic carboxylic acids is 1. The molecule has 1 fully saturated rings. The Morgan fingerprint density at radius 2 is 2.07 bits per heavy atom. The number of aromatic hydroxyl groups is 1. The number of amides is 2. The zero-order chi connectivity index (χ0) is 20.5. The van der Waals surface area contributed by atoms with E-state index in [4.69, 9.17) is 15.6 Å². The summed E-state index contributed by atoms with van der Waals surface area (Å²) in [5, 5.41) is 23.8. The van der Waals surface area contributed by atoms with Crippen LogP contribution in [-0.4, -0.2) is 59.3 Å². The minimum atomic E-state index is -1.06. The fourth-order valence-electron chi connectivity index (χ4n) is 3.23. The van der Waals surface area contributed by atoms with Crippen LogP contribution >= 0.6 is 0 Å². The molecule has 154 valence electrons. The van der Waals surface area contributed by atoms with Crippen LogP contribution in [0.25, 0.3) is 0 Å². The number of carbonyl (C=O) groups excluding carboxylic acids is 2. The lowest BCUT2D eigenvalue weighted by Gasteiger charge is -2.24. The van der Waals surface area contributed by atoms with Gasteiger partial charge in [-0.3, -0.25) is 9.59 Å². The third-order valence-electron chi connectivity index (χ3n) is 4.63. The van der Waals surface area contributed by atoms with Gasteiger partial charge in [-0.15, -0.1) is 0 Å². The number of carboxylic acids is 1. The summed E-state index contributed by atoms with van der Waals surface area (Å²) in [5.74, 6) is -1.94. The number of hydrogen-bond donors (Lipinski definition) is 5. The van der Waals surface area contributed by atoms with Crippen molar-refractivity contribution in [2.24, 2.45) is 5.73 Å². The summed E-state index contributed by atoms with van der Waals surface area (Å²) >= 11 is 0. The Morgan fingerprint density at radius 3 is 2.75 bits per heavy atom. The second-order valence-electron chi connectivity index (χ2n) is 6.80. The van der Waals surface area contributed by atoms with Crippen molar-refractivity contribution >= 4 is 17.8 Å². The Bertz CT molecular complexity index is 696. The second kappa shape index (κ2) is 10.6. The van der Waals surface area contributed by atoms with Gasteiger partial charge < -0.3 is 31.3 Å². The fourth-order valence-corrected chi connectivity index (χ4v) is 3.23. The zero-order valence-corrected chi connectivity index (χ0v) is 15.6. The third-order valence-corrected chi connectivity index (χ3v) is 4.63. The molecule has 0 aliphatic heterocycles. The van der Waals surface area contributed by atoms with Gasteiger partial charge in [-0.2, -0.15) is 0 Å². The number of carboxylic acid groups (broad SMARTS) is 1. The molecule has 0 heterocycles. The van der Waals surface area contributed by atoms with Crippen molar-refractivity contribution < 1.29 is 29.3 Å². The first-order valence-corrected chi connectivity index (χ1v) is 9.34. The summed E-state index contributed by atoms with van der Waals surface area (Å²) in [6.45, 7) is -0.0403. The molecular formula is C19H27N3O6. The molecule has 2 amide bonds. The van der Waals surface area contributed by atoms with E-state index in [0.717, 1.165) is 6.42 Å². The van der Waals surface area contributed by atoms with Crippen LogP contribution in [0.5, 0.6) is 5.75 Å². The van der Waals surface area contributed by atoms with Crippen molar-refractivity contribution in [1.82, 2.24) is 10.6 Å². The number of benzene rings is 1. The SMILES string of the molecule is NCCC[C@H](NC(=O)c1cccc(O)c1)C(=O)N[C@@H]1CCC[C@@H]1OCC(=O)O. The third kappa shape index (κ3) is 6.50. The lowest BCUT2D eigenvalue weighted by atomic mass is 10.1. The number of nitrogens with one attached hydrogen (secondary N) is 2. The van der Waals surface area contributed by atoms with Gasteiger partial charge in [0, 0.05) is 5.56 Å². The Hall–Kier alpha value is -2.65. The van der Waals surface area contributed by atoms with Crippen molar-refractivity contribution in [3.05, 3.63) is 29.8 Å². The molecule has 1 aliphatic rings. The molecule has 28 heavy (non-hydrogen) atoms. The summed E-state index contributed by atoms with van der Waals surface area (Å²) in [4.78, 5) is 35.9. The van der Waals surface area contributed by atoms with E-state index < -0.39 is 24.5 Å². The van der Waals surface area contributed by atoms with Crippen molar-refractivity contribution in [3.63, 3.8) is 0 Å². The van der Waals surface area contributed by atoms with Gasteiger partial charge in [0.25, 0.3) is 5.91 Å². The molecule has 0 aromatic heterocycles.